The standard InChI is InChI=1S/C14H28N2O/c1-11(9-15-14(3,4)5)10-16(6)13-7-8-17-12(13)2/h12-13,15H,1,7-10H2,2-6H3. The summed E-state index contributed by atoms with van der Waals surface area (Å²) in [6, 6.07) is 0.543. The van der Waals surface area contributed by atoms with Crippen molar-refractivity contribution in [2.24, 2.45) is 0 Å². The molecule has 1 fully saturated rings. The minimum Gasteiger partial charge on any atom is -0.377 e. The molecule has 2 atom stereocenters. The lowest BCUT2D eigenvalue weighted by molar-refractivity contribution is 0.0864. The smallest absolute Gasteiger partial charge is 0.0703 e. The fourth-order valence-electron chi connectivity index (χ4n) is 2.22. The quantitative estimate of drug-likeness (QED) is 0.744. The van der Waals surface area contributed by atoms with E-state index in [1.807, 2.05) is 0 Å². The Balaban J connectivity index is 2.30. The molecule has 1 rings (SSSR count). The highest BCUT2D eigenvalue weighted by Gasteiger charge is 2.27. The van der Waals surface area contributed by atoms with E-state index in [-0.39, 0.29) is 5.54 Å². The number of hydrogen-bond acceptors (Lipinski definition) is 3. The van der Waals surface area contributed by atoms with Gasteiger partial charge in [-0.15, -0.1) is 0 Å². The Hall–Kier alpha value is -0.380. The minimum atomic E-state index is 0.158. The number of nitrogens with one attached hydrogen (secondary N) is 1. The summed E-state index contributed by atoms with van der Waals surface area (Å²) in [7, 11) is 2.16. The molecule has 0 aromatic carbocycles. The van der Waals surface area contributed by atoms with Crippen LogP contribution in [0, 0.1) is 0 Å². The van der Waals surface area contributed by atoms with E-state index >= 15 is 0 Å². The Kier molecular flexibility index (Phi) is 5.17. The van der Waals surface area contributed by atoms with Gasteiger partial charge in [-0.2, -0.15) is 0 Å². The third kappa shape index (κ3) is 5.19. The van der Waals surface area contributed by atoms with Gasteiger partial charge in [0, 0.05) is 31.3 Å². The maximum atomic E-state index is 5.60. The summed E-state index contributed by atoms with van der Waals surface area (Å²) in [5.74, 6) is 0. The van der Waals surface area contributed by atoms with Crippen molar-refractivity contribution in [1.29, 1.82) is 0 Å². The van der Waals surface area contributed by atoms with Gasteiger partial charge in [0.05, 0.1) is 6.10 Å². The topological polar surface area (TPSA) is 24.5 Å². The van der Waals surface area contributed by atoms with Gasteiger partial charge < -0.3 is 10.1 Å². The lowest BCUT2D eigenvalue weighted by Crippen LogP contribution is -2.41. The Labute approximate surface area is 106 Å². The first-order chi connectivity index (χ1) is 7.79. The molecular weight excluding hydrogens is 212 g/mol. The Morgan fingerprint density at radius 3 is 2.59 bits per heavy atom. The summed E-state index contributed by atoms with van der Waals surface area (Å²) in [5.41, 5.74) is 1.40. The van der Waals surface area contributed by atoms with E-state index in [9.17, 15) is 0 Å². The molecule has 2 unspecified atom stereocenters. The number of hydrogen-bond donors (Lipinski definition) is 1. The molecule has 0 spiro atoms. The molecule has 0 saturated carbocycles. The van der Waals surface area contributed by atoms with Crippen LogP contribution in [0.4, 0.5) is 0 Å². The summed E-state index contributed by atoms with van der Waals surface area (Å²) < 4.78 is 5.60. The first kappa shape index (κ1) is 14.7. The average molecular weight is 240 g/mol. The maximum absolute atomic E-state index is 5.60. The average Bonchev–Trinajstić information content (AvgIpc) is 2.60. The molecule has 0 aromatic rings. The van der Waals surface area contributed by atoms with Crippen molar-refractivity contribution >= 4 is 0 Å². The second-order valence-electron chi connectivity index (χ2n) is 6.20. The molecule has 1 heterocycles. The van der Waals surface area contributed by atoms with Crippen molar-refractivity contribution in [3.05, 3.63) is 12.2 Å². The predicted octanol–water partition coefficient (Wildman–Crippen LogP) is 2.04. The Morgan fingerprint density at radius 2 is 2.12 bits per heavy atom. The highest BCUT2D eigenvalue weighted by molar-refractivity contribution is 5.02. The molecule has 3 nitrogen and oxygen atoms in total. The highest BCUT2D eigenvalue weighted by Crippen LogP contribution is 2.18. The van der Waals surface area contributed by atoms with E-state index < -0.39 is 0 Å². The van der Waals surface area contributed by atoms with Crippen LogP contribution in [0.25, 0.3) is 0 Å². The minimum absolute atomic E-state index is 0.158. The highest BCUT2D eigenvalue weighted by atomic mass is 16.5. The number of likely N-dealkylation sites (N-methyl/N-ethyl adjacent to an activating group) is 1. The third-order valence-corrected chi connectivity index (χ3v) is 3.24. The van der Waals surface area contributed by atoms with E-state index in [4.69, 9.17) is 4.74 Å². The van der Waals surface area contributed by atoms with Gasteiger partial charge in [0.25, 0.3) is 0 Å². The third-order valence-electron chi connectivity index (χ3n) is 3.24. The molecule has 100 valence electrons. The van der Waals surface area contributed by atoms with Crippen LogP contribution in [0.3, 0.4) is 0 Å². The van der Waals surface area contributed by atoms with Crippen molar-refractivity contribution in [1.82, 2.24) is 10.2 Å². The SMILES string of the molecule is C=C(CNC(C)(C)C)CN(C)C1CCOC1C. The summed E-state index contributed by atoms with van der Waals surface area (Å²) in [6.07, 6.45) is 1.49. The van der Waals surface area contributed by atoms with Crippen molar-refractivity contribution < 1.29 is 4.74 Å². The van der Waals surface area contributed by atoms with Crippen molar-refractivity contribution in [2.45, 2.75) is 51.8 Å². The largest absolute Gasteiger partial charge is 0.377 e. The van der Waals surface area contributed by atoms with Gasteiger partial charge in [-0.25, -0.2) is 0 Å². The molecule has 0 aliphatic carbocycles. The van der Waals surface area contributed by atoms with Crippen LogP contribution >= 0.6 is 0 Å². The first-order valence-corrected chi connectivity index (χ1v) is 6.53. The fraction of sp³-hybridized carbons (Fsp3) is 0.857. The molecule has 3 heteroatoms. The van der Waals surface area contributed by atoms with E-state index in [0.29, 0.717) is 12.1 Å². The van der Waals surface area contributed by atoms with Crippen molar-refractivity contribution in [3.63, 3.8) is 0 Å². The second-order valence-corrected chi connectivity index (χ2v) is 6.20. The first-order valence-electron chi connectivity index (χ1n) is 6.53. The summed E-state index contributed by atoms with van der Waals surface area (Å²) in [5, 5.41) is 3.47. The van der Waals surface area contributed by atoms with Gasteiger partial charge in [0.2, 0.25) is 0 Å². The van der Waals surface area contributed by atoms with Gasteiger partial charge in [-0.3, -0.25) is 4.90 Å². The maximum Gasteiger partial charge on any atom is 0.0703 e. The van der Waals surface area contributed by atoms with Crippen molar-refractivity contribution in [2.75, 3.05) is 26.7 Å². The normalized spacial score (nSPS) is 25.5. The van der Waals surface area contributed by atoms with Gasteiger partial charge in [-0.05, 0) is 46.7 Å². The summed E-state index contributed by atoms with van der Waals surface area (Å²) in [4.78, 5) is 2.37. The Morgan fingerprint density at radius 1 is 1.47 bits per heavy atom. The van der Waals surface area contributed by atoms with Crippen LogP contribution in [0.5, 0.6) is 0 Å². The van der Waals surface area contributed by atoms with E-state index in [1.165, 1.54) is 5.57 Å². The molecular formula is C14H28N2O. The van der Waals surface area contributed by atoms with Gasteiger partial charge >= 0.3 is 0 Å². The van der Waals surface area contributed by atoms with Crippen LogP contribution in [-0.2, 0) is 4.74 Å². The van der Waals surface area contributed by atoms with Gasteiger partial charge in [-0.1, -0.05) is 6.58 Å². The lowest BCUT2D eigenvalue weighted by Gasteiger charge is -2.28. The zero-order chi connectivity index (χ0) is 13.1. The molecule has 0 bridgehead atoms. The number of nitrogens with zero attached hydrogens (tertiary/aromatic N) is 1. The van der Waals surface area contributed by atoms with E-state index in [1.54, 1.807) is 0 Å². The second kappa shape index (κ2) is 5.98. The molecule has 1 aliphatic rings. The zero-order valence-corrected chi connectivity index (χ0v) is 12.0. The summed E-state index contributed by atoms with van der Waals surface area (Å²) >= 11 is 0. The lowest BCUT2D eigenvalue weighted by atomic mass is 10.1. The summed E-state index contributed by atoms with van der Waals surface area (Å²) in [6.45, 7) is 15.6. The van der Waals surface area contributed by atoms with E-state index in [2.05, 4.69) is 51.5 Å². The number of ether oxygens (including phenoxy) is 1. The van der Waals surface area contributed by atoms with Crippen LogP contribution in [0.2, 0.25) is 0 Å². The molecule has 1 aliphatic heterocycles. The monoisotopic (exact) mass is 240 g/mol. The molecule has 17 heavy (non-hydrogen) atoms. The molecule has 1 saturated heterocycles. The Bertz CT molecular complexity index is 257. The molecule has 0 radical (unpaired) electrons. The molecule has 0 amide bonds. The van der Waals surface area contributed by atoms with Crippen molar-refractivity contribution in [3.8, 4) is 0 Å². The molecule has 1 N–H and O–H groups in total. The zero-order valence-electron chi connectivity index (χ0n) is 12.0. The van der Waals surface area contributed by atoms with Gasteiger partial charge in [0.1, 0.15) is 0 Å². The molecule has 0 aromatic heterocycles. The fourth-order valence-corrected chi connectivity index (χ4v) is 2.22. The van der Waals surface area contributed by atoms with Crippen LogP contribution in [0.15, 0.2) is 12.2 Å². The predicted molar refractivity (Wildman–Crippen MR) is 73.3 cm³/mol. The van der Waals surface area contributed by atoms with E-state index in [0.717, 1.165) is 26.1 Å². The van der Waals surface area contributed by atoms with Gasteiger partial charge in [0.15, 0.2) is 0 Å². The van der Waals surface area contributed by atoms with Crippen LogP contribution in [-0.4, -0.2) is 49.3 Å². The van der Waals surface area contributed by atoms with Crippen LogP contribution in [0.1, 0.15) is 34.1 Å². The van der Waals surface area contributed by atoms with Crippen LogP contribution < -0.4 is 5.32 Å². The number of rotatable bonds is 5.